The molecule has 0 aliphatic carbocycles. The molecule has 0 fully saturated rings. The van der Waals surface area contributed by atoms with Crippen LogP contribution in [-0.2, 0) is 0 Å². The van der Waals surface area contributed by atoms with Crippen molar-refractivity contribution in [2.45, 2.75) is 0 Å². The first-order valence-electron chi connectivity index (χ1n) is 3.70. The van der Waals surface area contributed by atoms with E-state index in [1.54, 1.807) is 29.8 Å². The molecular weight excluding hydrogens is 182 g/mol. The molecule has 4 heteroatoms. The van der Waals surface area contributed by atoms with Gasteiger partial charge in [0.1, 0.15) is 0 Å². The first kappa shape index (κ1) is 9.58. The second-order valence-corrected chi connectivity index (χ2v) is 2.60. The second kappa shape index (κ2) is 5.19. The molecule has 0 unspecified atom stereocenters. The molecule has 0 aliphatic heterocycles. The minimum absolute atomic E-state index is 0.812. The van der Waals surface area contributed by atoms with Crippen LogP contribution in [0.25, 0.3) is 0 Å². The molecule has 0 bridgehead atoms. The van der Waals surface area contributed by atoms with Gasteiger partial charge >= 0.3 is 0 Å². The maximum atomic E-state index is 4.54. The largest absolute Gasteiger partial charge is 0.334 e. The van der Waals surface area contributed by atoms with Gasteiger partial charge in [-0.25, -0.2) is 4.99 Å². The van der Waals surface area contributed by atoms with Crippen molar-refractivity contribution in [1.82, 2.24) is 9.88 Å². The molecular formula is C9H9N3S. The Hall–Kier alpha value is -1.51. The molecule has 66 valence electrons. The van der Waals surface area contributed by atoms with Gasteiger partial charge in [0.05, 0.1) is 24.4 Å². The summed E-state index contributed by atoms with van der Waals surface area (Å²) in [5, 5.41) is 2.48. The molecule has 1 heterocycles. The number of rotatable bonds is 3. The van der Waals surface area contributed by atoms with Crippen LogP contribution in [0, 0.1) is 0 Å². The SMILES string of the molecule is CN(C=C=S)C=Nc1cccnc1. The molecule has 1 aromatic rings. The van der Waals surface area contributed by atoms with Gasteiger partial charge in [0.2, 0.25) is 0 Å². The van der Waals surface area contributed by atoms with Crippen LogP contribution in [0.1, 0.15) is 0 Å². The van der Waals surface area contributed by atoms with Crippen LogP contribution in [0.15, 0.2) is 35.7 Å². The monoisotopic (exact) mass is 191 g/mol. The highest BCUT2D eigenvalue weighted by Gasteiger charge is 1.85. The zero-order chi connectivity index (χ0) is 9.52. The summed E-state index contributed by atoms with van der Waals surface area (Å²) < 4.78 is 0. The van der Waals surface area contributed by atoms with Crippen molar-refractivity contribution in [2.75, 3.05) is 7.05 Å². The standard InChI is InChI=1S/C9H9N3S/c1-12(5-6-13)8-11-9-3-2-4-10-7-9/h2-5,7-8H,1H3. The lowest BCUT2D eigenvalue weighted by Gasteiger charge is -2.02. The molecule has 13 heavy (non-hydrogen) atoms. The summed E-state index contributed by atoms with van der Waals surface area (Å²) in [4.78, 5) is 9.80. The molecule has 0 aromatic carbocycles. The molecule has 0 aliphatic rings. The fourth-order valence-corrected chi connectivity index (χ4v) is 0.871. The number of hydrogen-bond acceptors (Lipinski definition) is 3. The Labute approximate surface area is 82.4 Å². The smallest absolute Gasteiger partial charge is 0.0955 e. The predicted octanol–water partition coefficient (Wildman–Crippen LogP) is 1.79. The molecule has 1 aromatic heterocycles. The molecule has 0 N–H and O–H groups in total. The van der Waals surface area contributed by atoms with Gasteiger partial charge in [0, 0.05) is 13.2 Å². The number of pyridine rings is 1. The highest BCUT2D eigenvalue weighted by molar-refractivity contribution is 7.78. The van der Waals surface area contributed by atoms with E-state index in [9.17, 15) is 0 Å². The van der Waals surface area contributed by atoms with E-state index in [0.29, 0.717) is 0 Å². The van der Waals surface area contributed by atoms with E-state index in [-0.39, 0.29) is 0 Å². The van der Waals surface area contributed by atoms with Gasteiger partial charge in [-0.1, -0.05) is 0 Å². The normalized spacial score (nSPS) is 9.62. The zero-order valence-corrected chi connectivity index (χ0v) is 8.03. The van der Waals surface area contributed by atoms with E-state index in [1.807, 2.05) is 19.2 Å². The average Bonchev–Trinajstić information content (AvgIpc) is 2.17. The van der Waals surface area contributed by atoms with Gasteiger partial charge in [-0.05, 0) is 29.4 Å². The number of aliphatic imine (C=N–C) groups is 1. The minimum atomic E-state index is 0.812. The fourth-order valence-electron chi connectivity index (χ4n) is 0.704. The highest BCUT2D eigenvalue weighted by Crippen LogP contribution is 2.06. The van der Waals surface area contributed by atoms with Gasteiger partial charge in [0.15, 0.2) is 0 Å². The molecule has 0 atom stereocenters. The van der Waals surface area contributed by atoms with Crippen molar-refractivity contribution >= 4 is 29.3 Å². The van der Waals surface area contributed by atoms with E-state index in [2.05, 4.69) is 27.2 Å². The molecule has 0 saturated carbocycles. The third kappa shape index (κ3) is 3.60. The summed E-state index contributed by atoms with van der Waals surface area (Å²) in [6.07, 6.45) is 6.66. The van der Waals surface area contributed by atoms with Gasteiger partial charge in [-0.2, -0.15) is 0 Å². The Balaban J connectivity index is 2.63. The van der Waals surface area contributed by atoms with Crippen LogP contribution in [0.5, 0.6) is 0 Å². The van der Waals surface area contributed by atoms with Crippen LogP contribution >= 0.6 is 12.2 Å². The first-order chi connectivity index (χ1) is 6.33. The maximum Gasteiger partial charge on any atom is 0.0955 e. The lowest BCUT2D eigenvalue weighted by molar-refractivity contribution is 0.719. The van der Waals surface area contributed by atoms with Crippen molar-refractivity contribution in [3.63, 3.8) is 0 Å². The summed E-state index contributed by atoms with van der Waals surface area (Å²) in [5.41, 5.74) is 0.812. The summed E-state index contributed by atoms with van der Waals surface area (Å²) in [6, 6.07) is 3.71. The first-order valence-corrected chi connectivity index (χ1v) is 4.11. The Morgan fingerprint density at radius 1 is 1.69 bits per heavy atom. The topological polar surface area (TPSA) is 28.5 Å². The molecule has 3 nitrogen and oxygen atoms in total. The van der Waals surface area contributed by atoms with E-state index in [1.165, 1.54) is 0 Å². The summed E-state index contributed by atoms with van der Waals surface area (Å²) >= 11 is 4.54. The van der Waals surface area contributed by atoms with Crippen LogP contribution in [0.2, 0.25) is 0 Å². The molecule has 0 saturated heterocycles. The van der Waals surface area contributed by atoms with Gasteiger partial charge in [-0.15, -0.1) is 0 Å². The summed E-state index contributed by atoms with van der Waals surface area (Å²) in [7, 11) is 1.83. The number of thiocarbonyl (C=S) groups is 1. The highest BCUT2D eigenvalue weighted by atomic mass is 32.1. The maximum absolute atomic E-state index is 4.54. The predicted molar refractivity (Wildman–Crippen MR) is 57.3 cm³/mol. The Morgan fingerprint density at radius 3 is 3.15 bits per heavy atom. The van der Waals surface area contributed by atoms with Crippen molar-refractivity contribution < 1.29 is 0 Å². The van der Waals surface area contributed by atoms with Crippen LogP contribution in [-0.4, -0.2) is 28.3 Å². The molecule has 1 rings (SSSR count). The summed E-state index contributed by atoms with van der Waals surface area (Å²) in [6.45, 7) is 0. The molecule has 0 spiro atoms. The third-order valence-corrected chi connectivity index (χ3v) is 1.40. The van der Waals surface area contributed by atoms with Crippen molar-refractivity contribution in [2.24, 2.45) is 4.99 Å². The molecule has 0 amide bonds. The van der Waals surface area contributed by atoms with Crippen LogP contribution in [0.3, 0.4) is 0 Å². The van der Waals surface area contributed by atoms with Crippen molar-refractivity contribution in [3.05, 3.63) is 30.7 Å². The number of hydrogen-bond donors (Lipinski definition) is 0. The van der Waals surface area contributed by atoms with Crippen LogP contribution < -0.4 is 0 Å². The summed E-state index contributed by atoms with van der Waals surface area (Å²) in [5.74, 6) is 0. The lowest BCUT2D eigenvalue weighted by atomic mass is 10.4. The van der Waals surface area contributed by atoms with E-state index < -0.39 is 0 Å². The molecule has 0 radical (unpaired) electrons. The second-order valence-electron chi connectivity index (χ2n) is 2.37. The zero-order valence-electron chi connectivity index (χ0n) is 7.21. The fraction of sp³-hybridized carbons (Fsp3) is 0.111. The average molecular weight is 191 g/mol. The van der Waals surface area contributed by atoms with E-state index >= 15 is 0 Å². The van der Waals surface area contributed by atoms with Gasteiger partial charge in [-0.3, -0.25) is 4.98 Å². The number of nitrogens with zero attached hydrogens (tertiary/aromatic N) is 3. The van der Waals surface area contributed by atoms with Crippen molar-refractivity contribution in [3.8, 4) is 0 Å². The Bertz CT molecular complexity index is 328. The number of aromatic nitrogens is 1. The van der Waals surface area contributed by atoms with Gasteiger partial charge < -0.3 is 4.90 Å². The minimum Gasteiger partial charge on any atom is -0.334 e. The van der Waals surface area contributed by atoms with E-state index in [0.717, 1.165) is 5.69 Å². The third-order valence-electron chi connectivity index (χ3n) is 1.29. The van der Waals surface area contributed by atoms with Gasteiger partial charge in [0.25, 0.3) is 0 Å². The Morgan fingerprint density at radius 2 is 2.54 bits per heavy atom. The quantitative estimate of drug-likeness (QED) is 0.414. The Kier molecular flexibility index (Phi) is 3.82. The lowest BCUT2D eigenvalue weighted by Crippen LogP contribution is -2.06. The van der Waals surface area contributed by atoms with Crippen molar-refractivity contribution in [1.29, 1.82) is 0 Å². The van der Waals surface area contributed by atoms with Crippen LogP contribution in [0.4, 0.5) is 5.69 Å². The van der Waals surface area contributed by atoms with E-state index in [4.69, 9.17) is 0 Å².